The number of nitrogens with one attached hydrogen (secondary N) is 1. The number of piperazine rings is 1. The molecular formula is C8H18Cl2N2. The largest absolute Gasteiger partial charge is 0.314 e. The Morgan fingerprint density at radius 1 is 1.25 bits per heavy atom. The molecule has 0 unspecified atom stereocenters. The molecule has 1 atom stereocenters. The number of hydrogen-bond donors (Lipinski definition) is 1. The fourth-order valence-corrected chi connectivity index (χ4v) is 1.81. The van der Waals surface area contributed by atoms with Crippen LogP contribution in [0.15, 0.2) is 0 Å². The number of halogens is 2. The molecule has 2 fully saturated rings. The molecule has 1 aliphatic carbocycles. The molecule has 0 bridgehead atoms. The third-order valence-electron chi connectivity index (χ3n) is 2.57. The summed E-state index contributed by atoms with van der Waals surface area (Å²) in [6.45, 7) is 5.98. The number of rotatable bonds is 1. The Bertz CT molecular complexity index is 128. The third-order valence-corrected chi connectivity index (χ3v) is 2.57. The van der Waals surface area contributed by atoms with Crippen molar-refractivity contribution in [3.8, 4) is 0 Å². The lowest BCUT2D eigenvalue weighted by molar-refractivity contribution is 0.164. The fourth-order valence-electron chi connectivity index (χ4n) is 1.81. The first-order valence-electron chi connectivity index (χ1n) is 4.34. The van der Waals surface area contributed by atoms with Crippen molar-refractivity contribution in [2.24, 2.45) is 0 Å². The van der Waals surface area contributed by atoms with Gasteiger partial charge in [0.05, 0.1) is 0 Å². The minimum atomic E-state index is 0. The maximum atomic E-state index is 3.41. The lowest BCUT2D eigenvalue weighted by Crippen LogP contribution is -2.50. The standard InChI is InChI=1S/C8H16N2.2ClH/c1-7-6-9-4-5-10(7)8-2-3-8;;/h7-9H,2-6H2,1H3;2*1H/t7-;;/m1../s1. The average Bonchev–Trinajstić information content (AvgIpc) is 2.71. The first-order chi connectivity index (χ1) is 4.88. The minimum absolute atomic E-state index is 0. The summed E-state index contributed by atoms with van der Waals surface area (Å²) < 4.78 is 0. The summed E-state index contributed by atoms with van der Waals surface area (Å²) in [6, 6.07) is 1.73. The smallest absolute Gasteiger partial charge is 0.0195 e. The van der Waals surface area contributed by atoms with Crippen molar-refractivity contribution < 1.29 is 0 Å². The molecule has 1 N–H and O–H groups in total. The van der Waals surface area contributed by atoms with Gasteiger partial charge in [-0.3, -0.25) is 4.90 Å². The first-order valence-corrected chi connectivity index (χ1v) is 4.34. The Kier molecular flexibility index (Phi) is 5.50. The highest BCUT2D eigenvalue weighted by Crippen LogP contribution is 2.28. The van der Waals surface area contributed by atoms with Crippen molar-refractivity contribution in [2.75, 3.05) is 19.6 Å². The van der Waals surface area contributed by atoms with E-state index in [9.17, 15) is 0 Å². The Labute approximate surface area is 86.9 Å². The van der Waals surface area contributed by atoms with E-state index in [0.29, 0.717) is 0 Å². The van der Waals surface area contributed by atoms with Crippen molar-refractivity contribution in [2.45, 2.75) is 31.8 Å². The van der Waals surface area contributed by atoms with Crippen molar-refractivity contribution in [3.05, 3.63) is 0 Å². The van der Waals surface area contributed by atoms with Crippen LogP contribution < -0.4 is 5.32 Å². The van der Waals surface area contributed by atoms with E-state index >= 15 is 0 Å². The number of nitrogens with zero attached hydrogens (tertiary/aromatic N) is 1. The summed E-state index contributed by atoms with van der Waals surface area (Å²) >= 11 is 0. The molecule has 1 aliphatic heterocycles. The SMILES string of the molecule is C[C@@H]1CNCCN1C1CC1.Cl.Cl. The molecule has 12 heavy (non-hydrogen) atoms. The van der Waals surface area contributed by atoms with Gasteiger partial charge in [0.25, 0.3) is 0 Å². The Morgan fingerprint density at radius 2 is 1.92 bits per heavy atom. The van der Waals surface area contributed by atoms with Crippen molar-refractivity contribution >= 4 is 24.8 Å². The second kappa shape index (κ2) is 5.28. The maximum Gasteiger partial charge on any atom is 0.0195 e. The van der Waals surface area contributed by atoms with Crippen LogP contribution in [0.4, 0.5) is 0 Å². The fraction of sp³-hybridized carbons (Fsp3) is 1.00. The summed E-state index contributed by atoms with van der Waals surface area (Å²) in [4.78, 5) is 2.65. The van der Waals surface area contributed by atoms with Crippen LogP contribution in [0.2, 0.25) is 0 Å². The first kappa shape index (κ1) is 12.5. The summed E-state index contributed by atoms with van der Waals surface area (Å²) in [5.74, 6) is 0. The molecule has 1 saturated carbocycles. The average molecular weight is 213 g/mol. The van der Waals surface area contributed by atoms with Gasteiger partial charge in [0.2, 0.25) is 0 Å². The maximum absolute atomic E-state index is 3.41. The highest BCUT2D eigenvalue weighted by atomic mass is 35.5. The van der Waals surface area contributed by atoms with E-state index in [2.05, 4.69) is 17.1 Å². The summed E-state index contributed by atoms with van der Waals surface area (Å²) in [7, 11) is 0. The molecule has 1 saturated heterocycles. The predicted molar refractivity (Wildman–Crippen MR) is 56.6 cm³/mol. The molecule has 2 aliphatic rings. The Morgan fingerprint density at radius 3 is 2.42 bits per heavy atom. The van der Waals surface area contributed by atoms with Crippen LogP contribution in [-0.4, -0.2) is 36.6 Å². The lowest BCUT2D eigenvalue weighted by atomic mass is 10.2. The van der Waals surface area contributed by atoms with Crippen molar-refractivity contribution in [3.63, 3.8) is 0 Å². The molecule has 74 valence electrons. The van der Waals surface area contributed by atoms with Crippen LogP contribution in [0.3, 0.4) is 0 Å². The van der Waals surface area contributed by atoms with E-state index in [-0.39, 0.29) is 24.8 Å². The van der Waals surface area contributed by atoms with E-state index in [1.165, 1.54) is 32.5 Å². The van der Waals surface area contributed by atoms with Crippen LogP contribution in [-0.2, 0) is 0 Å². The van der Waals surface area contributed by atoms with E-state index in [1.807, 2.05) is 0 Å². The Hall–Kier alpha value is 0.500. The second-order valence-corrected chi connectivity index (χ2v) is 3.52. The monoisotopic (exact) mass is 212 g/mol. The van der Waals surface area contributed by atoms with Crippen molar-refractivity contribution in [1.82, 2.24) is 10.2 Å². The molecule has 4 heteroatoms. The topological polar surface area (TPSA) is 15.3 Å². The van der Waals surface area contributed by atoms with Crippen LogP contribution in [0.5, 0.6) is 0 Å². The molecule has 0 amide bonds. The van der Waals surface area contributed by atoms with Gasteiger partial charge in [0.15, 0.2) is 0 Å². The van der Waals surface area contributed by atoms with Gasteiger partial charge < -0.3 is 5.32 Å². The third kappa shape index (κ3) is 2.77. The van der Waals surface area contributed by atoms with Crippen LogP contribution >= 0.6 is 24.8 Å². The van der Waals surface area contributed by atoms with E-state index in [1.54, 1.807) is 0 Å². The summed E-state index contributed by atoms with van der Waals surface area (Å²) in [5.41, 5.74) is 0. The highest BCUT2D eigenvalue weighted by molar-refractivity contribution is 5.85. The van der Waals surface area contributed by atoms with Crippen LogP contribution in [0.25, 0.3) is 0 Å². The van der Waals surface area contributed by atoms with E-state index in [0.717, 1.165) is 12.1 Å². The molecular weight excluding hydrogens is 195 g/mol. The van der Waals surface area contributed by atoms with Crippen LogP contribution in [0.1, 0.15) is 19.8 Å². The van der Waals surface area contributed by atoms with Gasteiger partial charge in [0.1, 0.15) is 0 Å². The zero-order chi connectivity index (χ0) is 6.97. The van der Waals surface area contributed by atoms with Gasteiger partial charge in [-0.05, 0) is 19.8 Å². The molecule has 2 nitrogen and oxygen atoms in total. The summed E-state index contributed by atoms with van der Waals surface area (Å²) in [6.07, 6.45) is 2.90. The molecule has 0 aromatic rings. The normalized spacial score (nSPS) is 30.2. The van der Waals surface area contributed by atoms with Gasteiger partial charge in [-0.2, -0.15) is 0 Å². The van der Waals surface area contributed by atoms with Crippen molar-refractivity contribution in [1.29, 1.82) is 0 Å². The highest BCUT2D eigenvalue weighted by Gasteiger charge is 2.32. The molecule has 0 aromatic carbocycles. The van der Waals surface area contributed by atoms with E-state index in [4.69, 9.17) is 0 Å². The van der Waals surface area contributed by atoms with Gasteiger partial charge in [0, 0.05) is 31.7 Å². The molecule has 0 radical (unpaired) electrons. The van der Waals surface area contributed by atoms with Gasteiger partial charge >= 0.3 is 0 Å². The van der Waals surface area contributed by atoms with Crippen LogP contribution in [0, 0.1) is 0 Å². The Balaban J connectivity index is 0.000000605. The predicted octanol–water partition coefficient (Wildman–Crippen LogP) is 1.29. The minimum Gasteiger partial charge on any atom is -0.314 e. The van der Waals surface area contributed by atoms with Gasteiger partial charge in [-0.15, -0.1) is 24.8 Å². The van der Waals surface area contributed by atoms with Gasteiger partial charge in [-0.25, -0.2) is 0 Å². The second-order valence-electron chi connectivity index (χ2n) is 3.52. The zero-order valence-corrected chi connectivity index (χ0v) is 9.09. The quantitative estimate of drug-likeness (QED) is 0.706. The van der Waals surface area contributed by atoms with Gasteiger partial charge in [-0.1, -0.05) is 0 Å². The molecule has 0 aromatic heterocycles. The zero-order valence-electron chi connectivity index (χ0n) is 7.45. The lowest BCUT2D eigenvalue weighted by Gasteiger charge is -2.33. The van der Waals surface area contributed by atoms with E-state index < -0.39 is 0 Å². The summed E-state index contributed by atoms with van der Waals surface area (Å²) in [5, 5.41) is 3.41. The molecule has 1 heterocycles. The molecule has 2 rings (SSSR count). The molecule has 0 spiro atoms. The number of hydrogen-bond acceptors (Lipinski definition) is 2.